The minimum atomic E-state index is 0.154. The molecule has 0 N–H and O–H groups in total. The summed E-state index contributed by atoms with van der Waals surface area (Å²) in [5.41, 5.74) is 0. The molecule has 2 saturated heterocycles. The molecule has 4 aliphatic rings. The smallest absolute Gasteiger partial charge is 0.126 e. The summed E-state index contributed by atoms with van der Waals surface area (Å²) in [5.74, 6) is 1.72. The first-order valence-electron chi connectivity index (χ1n) is 15.1. The largest absolute Gasteiger partial charge is 0.442 e. The predicted octanol–water partition coefficient (Wildman–Crippen LogP) is 4.71. The molecule has 2 saturated carbocycles. The maximum Gasteiger partial charge on any atom is 0.126 e. The van der Waals surface area contributed by atoms with Gasteiger partial charge >= 0.3 is 0 Å². The van der Waals surface area contributed by atoms with E-state index in [1.807, 2.05) is 0 Å². The Kier molecular flexibility index (Phi) is 11.2. The number of piperidine rings is 2. The Morgan fingerprint density at radius 3 is 1.50 bits per heavy atom. The van der Waals surface area contributed by atoms with E-state index in [0.717, 1.165) is 70.2 Å². The summed E-state index contributed by atoms with van der Waals surface area (Å²) in [4.78, 5) is 5.41. The summed E-state index contributed by atoms with van der Waals surface area (Å²) >= 11 is 0. The van der Waals surface area contributed by atoms with Gasteiger partial charge in [-0.25, -0.2) is 0 Å². The Bertz CT molecular complexity index is 668. The molecule has 0 aromatic heterocycles. The predicted molar refractivity (Wildman–Crippen MR) is 144 cm³/mol. The lowest BCUT2D eigenvalue weighted by atomic mass is 9.77. The van der Waals surface area contributed by atoms with Crippen LogP contribution in [0.4, 0.5) is 0 Å². The first-order chi connectivity index (χ1) is 17.7. The number of hydrogen-bond acceptors (Lipinski definition) is 6. The van der Waals surface area contributed by atoms with Crippen LogP contribution in [0.1, 0.15) is 85.0 Å². The molecular weight excluding hydrogens is 452 g/mol. The van der Waals surface area contributed by atoms with Crippen molar-refractivity contribution in [3.05, 3.63) is 0 Å². The highest BCUT2D eigenvalue weighted by Gasteiger charge is 2.41. The average Bonchev–Trinajstić information content (AvgIpc) is 2.91. The molecular formula is C30H52N2O4. The van der Waals surface area contributed by atoms with Gasteiger partial charge in [-0.15, -0.1) is 0 Å². The molecule has 0 aromatic rings. The molecule has 0 amide bonds. The molecule has 4 rings (SSSR count). The molecule has 6 heteroatoms. The van der Waals surface area contributed by atoms with Crippen LogP contribution in [0.5, 0.6) is 0 Å². The van der Waals surface area contributed by atoms with Crippen molar-refractivity contribution < 1.29 is 18.9 Å². The molecule has 36 heavy (non-hydrogen) atoms. The minimum Gasteiger partial charge on any atom is -0.442 e. The van der Waals surface area contributed by atoms with Crippen molar-refractivity contribution in [2.24, 2.45) is 11.8 Å². The first-order valence-corrected chi connectivity index (χ1v) is 15.1. The molecule has 6 nitrogen and oxygen atoms in total. The third kappa shape index (κ3) is 7.17. The van der Waals surface area contributed by atoms with E-state index >= 15 is 0 Å². The number of likely N-dealkylation sites (tertiary alicyclic amines) is 2. The second-order valence-electron chi connectivity index (χ2n) is 11.4. The van der Waals surface area contributed by atoms with E-state index in [-0.39, 0.29) is 6.10 Å². The van der Waals surface area contributed by atoms with Crippen LogP contribution in [0.15, 0.2) is 0 Å². The molecule has 0 spiro atoms. The SMILES string of the molecule is C#COC1CCC(OCC)CC1N1CCC(C2CCN(C3CC(OCC)CCC3OCC)CC2)CC1. The van der Waals surface area contributed by atoms with Gasteiger partial charge in [0.1, 0.15) is 12.2 Å². The lowest BCUT2D eigenvalue weighted by Gasteiger charge is -2.48. The van der Waals surface area contributed by atoms with Crippen LogP contribution in [0.25, 0.3) is 0 Å². The molecule has 2 heterocycles. The summed E-state index contributed by atoms with van der Waals surface area (Å²) < 4.78 is 24.0. The maximum absolute atomic E-state index is 6.20. The lowest BCUT2D eigenvalue weighted by Crippen LogP contribution is -2.54. The number of terminal acetylenes is 1. The van der Waals surface area contributed by atoms with Crippen LogP contribution in [-0.2, 0) is 18.9 Å². The Hall–Kier alpha value is -0.840. The van der Waals surface area contributed by atoms with E-state index in [1.54, 1.807) is 0 Å². The molecule has 6 atom stereocenters. The molecule has 2 aliphatic heterocycles. The third-order valence-electron chi connectivity index (χ3n) is 9.57. The van der Waals surface area contributed by atoms with Crippen molar-refractivity contribution in [1.82, 2.24) is 9.80 Å². The average molecular weight is 505 g/mol. The van der Waals surface area contributed by atoms with E-state index in [4.69, 9.17) is 25.4 Å². The van der Waals surface area contributed by atoms with E-state index in [1.165, 1.54) is 51.9 Å². The van der Waals surface area contributed by atoms with Gasteiger partial charge in [-0.1, -0.05) is 6.42 Å². The van der Waals surface area contributed by atoms with Crippen molar-refractivity contribution in [3.63, 3.8) is 0 Å². The van der Waals surface area contributed by atoms with Crippen LogP contribution in [0.3, 0.4) is 0 Å². The van der Waals surface area contributed by atoms with Crippen LogP contribution in [0.2, 0.25) is 0 Å². The first kappa shape index (κ1) is 28.2. The van der Waals surface area contributed by atoms with Gasteiger partial charge in [0.15, 0.2) is 0 Å². The van der Waals surface area contributed by atoms with Gasteiger partial charge in [0, 0.05) is 25.9 Å². The molecule has 2 aliphatic carbocycles. The van der Waals surface area contributed by atoms with Gasteiger partial charge in [-0.05, 0) is 123 Å². The number of hydrogen-bond donors (Lipinski definition) is 0. The van der Waals surface area contributed by atoms with Gasteiger partial charge in [-0.3, -0.25) is 9.80 Å². The Balaban J connectivity index is 1.26. The second-order valence-corrected chi connectivity index (χ2v) is 11.4. The zero-order valence-corrected chi connectivity index (χ0v) is 23.2. The number of nitrogens with zero attached hydrogens (tertiary/aromatic N) is 2. The molecule has 6 unspecified atom stereocenters. The monoisotopic (exact) mass is 504 g/mol. The third-order valence-corrected chi connectivity index (χ3v) is 9.57. The standard InChI is InChI=1S/C30H52N2O4/c1-5-33-25-9-11-29(35-7-3)27(21-25)31-17-13-23(14-18-31)24-15-19-32(20-16-24)28-22-26(34-6-2)10-12-30(28)36-8-4/h3,23-30H,5-6,8-22H2,1-2,4H3. The Morgan fingerprint density at radius 2 is 1.06 bits per heavy atom. The number of ether oxygens (including phenoxy) is 4. The fraction of sp³-hybridized carbons (Fsp3) is 0.933. The summed E-state index contributed by atoms with van der Waals surface area (Å²) in [6, 6.07) is 0.921. The Labute approximate surface area is 220 Å². The molecule has 0 bridgehead atoms. The summed E-state index contributed by atoms with van der Waals surface area (Å²) in [5, 5.41) is 0. The minimum absolute atomic E-state index is 0.154. The van der Waals surface area contributed by atoms with Gasteiger partial charge in [0.25, 0.3) is 0 Å². The van der Waals surface area contributed by atoms with Crippen molar-refractivity contribution in [3.8, 4) is 12.5 Å². The van der Waals surface area contributed by atoms with Crippen LogP contribution in [-0.4, -0.2) is 92.3 Å². The quantitative estimate of drug-likeness (QED) is 0.402. The van der Waals surface area contributed by atoms with Gasteiger partial charge in [0.2, 0.25) is 0 Å². The topological polar surface area (TPSA) is 43.4 Å². The fourth-order valence-corrected chi connectivity index (χ4v) is 7.78. The highest BCUT2D eigenvalue weighted by Crippen LogP contribution is 2.37. The zero-order chi connectivity index (χ0) is 25.3. The summed E-state index contributed by atoms with van der Waals surface area (Å²) in [7, 11) is 0. The second kappa shape index (κ2) is 14.4. The Morgan fingerprint density at radius 1 is 0.611 bits per heavy atom. The van der Waals surface area contributed by atoms with Crippen LogP contribution < -0.4 is 0 Å². The zero-order valence-electron chi connectivity index (χ0n) is 23.2. The molecule has 0 radical (unpaired) electrons. The van der Waals surface area contributed by atoms with Crippen molar-refractivity contribution in [2.45, 2.75) is 121 Å². The van der Waals surface area contributed by atoms with Crippen LogP contribution >= 0.6 is 0 Å². The fourth-order valence-electron chi connectivity index (χ4n) is 7.78. The summed E-state index contributed by atoms with van der Waals surface area (Å²) in [6.07, 6.45) is 21.1. The molecule has 206 valence electrons. The highest BCUT2D eigenvalue weighted by molar-refractivity contribution is 4.95. The van der Waals surface area contributed by atoms with Crippen molar-refractivity contribution >= 4 is 0 Å². The van der Waals surface area contributed by atoms with Crippen molar-refractivity contribution in [1.29, 1.82) is 0 Å². The van der Waals surface area contributed by atoms with Gasteiger partial charge in [-0.2, -0.15) is 0 Å². The van der Waals surface area contributed by atoms with E-state index < -0.39 is 0 Å². The van der Waals surface area contributed by atoms with E-state index in [0.29, 0.717) is 30.4 Å². The molecule has 0 aromatic carbocycles. The highest BCUT2D eigenvalue weighted by atomic mass is 16.5. The van der Waals surface area contributed by atoms with Gasteiger partial charge < -0.3 is 18.9 Å². The van der Waals surface area contributed by atoms with Crippen LogP contribution in [0, 0.1) is 24.4 Å². The van der Waals surface area contributed by atoms with Crippen molar-refractivity contribution in [2.75, 3.05) is 46.0 Å². The van der Waals surface area contributed by atoms with Gasteiger partial charge in [0.05, 0.1) is 24.4 Å². The normalized spacial score (nSPS) is 35.9. The maximum atomic E-state index is 6.20. The molecule has 4 fully saturated rings. The lowest BCUT2D eigenvalue weighted by molar-refractivity contribution is -0.0855. The van der Waals surface area contributed by atoms with E-state index in [9.17, 15) is 0 Å². The summed E-state index contributed by atoms with van der Waals surface area (Å²) in [6.45, 7) is 13.5. The number of rotatable bonds is 10. The van der Waals surface area contributed by atoms with E-state index in [2.05, 4.69) is 36.7 Å².